The predicted octanol–water partition coefficient (Wildman–Crippen LogP) is 1.47. The van der Waals surface area contributed by atoms with E-state index < -0.39 is 24.5 Å². The maximum absolute atomic E-state index is 12.0. The monoisotopic (exact) mass is 491 g/mol. The van der Waals surface area contributed by atoms with Crippen LogP contribution in [0.4, 0.5) is 5.82 Å². The van der Waals surface area contributed by atoms with Gasteiger partial charge in [0.25, 0.3) is 0 Å². The Hall–Kier alpha value is -2.83. The van der Waals surface area contributed by atoms with Crippen LogP contribution in [0.25, 0.3) is 11.2 Å². The third-order valence-electron chi connectivity index (χ3n) is 6.34. The van der Waals surface area contributed by atoms with Crippen molar-refractivity contribution in [3.8, 4) is 0 Å². The summed E-state index contributed by atoms with van der Waals surface area (Å²) in [4.78, 5) is 36.7. The first-order valence-electron chi connectivity index (χ1n) is 12.2. The zero-order valence-electron chi connectivity index (χ0n) is 20.0. The first-order valence-corrected chi connectivity index (χ1v) is 12.2. The Morgan fingerprint density at radius 1 is 1.11 bits per heavy atom. The summed E-state index contributed by atoms with van der Waals surface area (Å²) in [6.45, 7) is 3.63. The molecule has 1 aliphatic carbocycles. The van der Waals surface area contributed by atoms with Gasteiger partial charge < -0.3 is 29.7 Å². The highest BCUT2D eigenvalue weighted by molar-refractivity contribution is 5.83. The van der Waals surface area contributed by atoms with Crippen LogP contribution in [0.5, 0.6) is 0 Å². The van der Waals surface area contributed by atoms with Crippen LogP contribution in [0.3, 0.4) is 0 Å². The normalized spacial score (nSPS) is 28.3. The minimum atomic E-state index is -1.27. The van der Waals surface area contributed by atoms with Gasteiger partial charge in [0.05, 0.1) is 12.4 Å². The van der Waals surface area contributed by atoms with Crippen LogP contribution in [0.1, 0.15) is 65.0 Å². The Labute approximate surface area is 203 Å². The molecule has 12 heteroatoms. The van der Waals surface area contributed by atoms with Gasteiger partial charge in [0.1, 0.15) is 37.4 Å². The smallest absolute Gasteiger partial charge is 0.306 e. The molecule has 1 saturated heterocycles. The second-order valence-corrected chi connectivity index (χ2v) is 8.99. The number of aromatic nitrogens is 4. The van der Waals surface area contributed by atoms with Gasteiger partial charge in [0.15, 0.2) is 23.2 Å². The third kappa shape index (κ3) is 5.54. The van der Waals surface area contributed by atoms with Crippen molar-refractivity contribution in [2.24, 2.45) is 0 Å². The minimum Gasteiger partial charge on any atom is -0.463 e. The van der Waals surface area contributed by atoms with E-state index in [1.165, 1.54) is 17.2 Å². The number of carbonyl (C=O) groups is 2. The van der Waals surface area contributed by atoms with Crippen molar-refractivity contribution in [3.05, 3.63) is 12.7 Å². The molecule has 3 N–H and O–H groups in total. The van der Waals surface area contributed by atoms with Crippen molar-refractivity contribution < 1.29 is 34.0 Å². The van der Waals surface area contributed by atoms with E-state index in [4.69, 9.17) is 14.2 Å². The number of nitrogens with zero attached hydrogens (tertiary/aromatic N) is 4. The van der Waals surface area contributed by atoms with Crippen molar-refractivity contribution in [2.75, 3.05) is 11.9 Å². The Bertz CT molecular complexity index is 1030. The highest BCUT2D eigenvalue weighted by Crippen LogP contribution is 2.33. The molecule has 0 bridgehead atoms. The number of hydrogen-bond donors (Lipinski definition) is 3. The van der Waals surface area contributed by atoms with E-state index in [9.17, 15) is 19.8 Å². The number of aliphatic hydroxyl groups excluding tert-OH is 2. The Morgan fingerprint density at radius 3 is 2.66 bits per heavy atom. The van der Waals surface area contributed by atoms with E-state index in [2.05, 4.69) is 20.3 Å². The fourth-order valence-electron chi connectivity index (χ4n) is 4.53. The van der Waals surface area contributed by atoms with E-state index >= 15 is 0 Å². The van der Waals surface area contributed by atoms with Crippen LogP contribution in [-0.2, 0) is 23.8 Å². The van der Waals surface area contributed by atoms with E-state index in [0.717, 1.165) is 25.7 Å². The van der Waals surface area contributed by atoms with E-state index in [0.29, 0.717) is 29.8 Å². The van der Waals surface area contributed by atoms with Crippen molar-refractivity contribution in [1.29, 1.82) is 0 Å². The SMILES string of the molecule is CCCC(=O)OC[C@H]1OC(n2cnc3c(NC4CCC[C@@H]4OC(=O)CCC)ncnc32)[C@H](O)[C@@H]1O. The van der Waals surface area contributed by atoms with Crippen LogP contribution in [0.15, 0.2) is 12.7 Å². The van der Waals surface area contributed by atoms with Crippen molar-refractivity contribution in [2.45, 2.75) is 95.5 Å². The number of hydrogen-bond acceptors (Lipinski definition) is 11. The van der Waals surface area contributed by atoms with Crippen LogP contribution in [0, 0.1) is 0 Å². The molecule has 1 aliphatic heterocycles. The Kier molecular flexibility index (Phi) is 8.14. The zero-order chi connectivity index (χ0) is 24.9. The number of fused-ring (bicyclic) bond motifs is 1. The van der Waals surface area contributed by atoms with Crippen LogP contribution < -0.4 is 5.32 Å². The summed E-state index contributed by atoms with van der Waals surface area (Å²) in [5.41, 5.74) is 0.862. The molecule has 3 heterocycles. The first-order chi connectivity index (χ1) is 16.9. The summed E-state index contributed by atoms with van der Waals surface area (Å²) < 4.78 is 18.2. The topological polar surface area (TPSA) is 158 Å². The van der Waals surface area contributed by atoms with Gasteiger partial charge in [-0.05, 0) is 32.1 Å². The minimum absolute atomic E-state index is 0.101. The quantitative estimate of drug-likeness (QED) is 0.413. The lowest BCUT2D eigenvalue weighted by atomic mass is 10.1. The average molecular weight is 492 g/mol. The summed E-state index contributed by atoms with van der Waals surface area (Å²) in [6.07, 6.45) is 2.79. The van der Waals surface area contributed by atoms with E-state index in [1.807, 2.05) is 13.8 Å². The number of carbonyl (C=O) groups excluding carboxylic acids is 2. The van der Waals surface area contributed by atoms with E-state index in [-0.39, 0.29) is 37.1 Å². The highest BCUT2D eigenvalue weighted by Gasteiger charge is 2.45. The second kappa shape index (κ2) is 11.3. The van der Waals surface area contributed by atoms with Gasteiger partial charge in [-0.2, -0.15) is 0 Å². The molecule has 192 valence electrons. The number of aliphatic hydroxyl groups is 2. The number of imidazole rings is 1. The zero-order valence-corrected chi connectivity index (χ0v) is 20.0. The molecule has 1 saturated carbocycles. The largest absolute Gasteiger partial charge is 0.463 e. The molecular formula is C23H33N5O7. The lowest BCUT2D eigenvalue weighted by Gasteiger charge is -2.22. The molecule has 2 unspecified atom stereocenters. The van der Waals surface area contributed by atoms with E-state index in [1.54, 1.807) is 0 Å². The lowest BCUT2D eigenvalue weighted by molar-refractivity contribution is -0.150. The summed E-state index contributed by atoms with van der Waals surface area (Å²) in [5.74, 6) is -0.109. The Morgan fingerprint density at radius 2 is 1.89 bits per heavy atom. The predicted molar refractivity (Wildman–Crippen MR) is 123 cm³/mol. The molecule has 6 atom stereocenters. The third-order valence-corrected chi connectivity index (χ3v) is 6.34. The molecule has 12 nitrogen and oxygen atoms in total. The van der Waals surface area contributed by atoms with Crippen LogP contribution >= 0.6 is 0 Å². The standard InChI is InChI=1S/C23H33N5O7/c1-3-6-16(29)33-10-15-19(31)20(32)23(35-15)28-12-26-18-21(24-11-25-22(18)28)27-13-8-5-9-14(13)34-17(30)7-4-2/h11-15,19-20,23,31-32H,3-10H2,1-2H3,(H,24,25,27)/t13?,14-,15+,19+,20+,23?/m0/s1. The summed E-state index contributed by atoms with van der Waals surface area (Å²) in [7, 11) is 0. The molecule has 0 spiro atoms. The molecule has 0 amide bonds. The number of esters is 2. The molecule has 2 aromatic rings. The maximum atomic E-state index is 12.0. The molecule has 0 aromatic carbocycles. The van der Waals surface area contributed by atoms with Crippen molar-refractivity contribution >= 4 is 28.9 Å². The fourth-order valence-corrected chi connectivity index (χ4v) is 4.53. The molecule has 35 heavy (non-hydrogen) atoms. The molecule has 2 fully saturated rings. The van der Waals surface area contributed by atoms with Gasteiger partial charge in [-0.25, -0.2) is 15.0 Å². The Balaban J connectivity index is 1.48. The summed E-state index contributed by atoms with van der Waals surface area (Å²) in [5, 5.41) is 24.4. The van der Waals surface area contributed by atoms with Gasteiger partial charge >= 0.3 is 11.9 Å². The van der Waals surface area contributed by atoms with Gasteiger partial charge in [0.2, 0.25) is 0 Å². The van der Waals surface area contributed by atoms with Gasteiger partial charge in [-0.3, -0.25) is 14.2 Å². The summed E-state index contributed by atoms with van der Waals surface area (Å²) >= 11 is 0. The van der Waals surface area contributed by atoms with Crippen molar-refractivity contribution in [1.82, 2.24) is 19.5 Å². The number of ether oxygens (including phenoxy) is 3. The number of anilines is 1. The highest BCUT2D eigenvalue weighted by atomic mass is 16.6. The average Bonchev–Trinajstić information content (AvgIpc) is 3.52. The van der Waals surface area contributed by atoms with Gasteiger partial charge in [-0.15, -0.1) is 0 Å². The molecule has 4 rings (SSSR count). The van der Waals surface area contributed by atoms with Crippen molar-refractivity contribution in [3.63, 3.8) is 0 Å². The number of nitrogens with one attached hydrogen (secondary N) is 1. The lowest BCUT2D eigenvalue weighted by Crippen LogP contribution is -2.34. The molecule has 2 aromatic heterocycles. The van der Waals surface area contributed by atoms with Crippen LogP contribution in [0.2, 0.25) is 0 Å². The maximum Gasteiger partial charge on any atom is 0.306 e. The van der Waals surface area contributed by atoms with Crippen LogP contribution in [-0.4, -0.2) is 78.7 Å². The fraction of sp³-hybridized carbons (Fsp3) is 0.696. The molecule has 0 radical (unpaired) electrons. The number of rotatable bonds is 10. The summed E-state index contributed by atoms with van der Waals surface area (Å²) in [6, 6.07) is -0.101. The molecule has 2 aliphatic rings. The first kappa shape index (κ1) is 25.3. The second-order valence-electron chi connectivity index (χ2n) is 8.99. The molecular weight excluding hydrogens is 458 g/mol. The van der Waals surface area contributed by atoms with Gasteiger partial charge in [0, 0.05) is 12.8 Å². The van der Waals surface area contributed by atoms with Gasteiger partial charge in [-0.1, -0.05) is 13.8 Å².